The van der Waals surface area contributed by atoms with Crippen LogP contribution in [0.25, 0.3) is 16.6 Å². The Kier molecular flexibility index (Phi) is 5.14. The molecule has 8 heteroatoms. The number of methoxy groups -OCH3 is 3. The Morgan fingerprint density at radius 2 is 1.93 bits per heavy atom. The molecule has 0 aliphatic carbocycles. The van der Waals surface area contributed by atoms with Gasteiger partial charge in [-0.2, -0.15) is 0 Å². The Hall–Kier alpha value is -3.81. The number of benzene rings is 2. The summed E-state index contributed by atoms with van der Waals surface area (Å²) in [6, 6.07) is 11.0. The summed E-state index contributed by atoms with van der Waals surface area (Å²) >= 11 is 0. The quantitative estimate of drug-likeness (QED) is 0.490. The fraction of sp³-hybridized carbons (Fsp3) is 0.227. The standard InChI is InChI=1S/C22H22N4O4/c1-13-20-21(23-11-15-5-7-16(28-2)10-19(15)29-3)25-17-8-6-14(22(27)30-4)9-18(17)26(20)12-24-13/h5-10,12H,11H2,1-4H3,(H,23,25). The number of nitrogens with zero attached hydrogens (tertiary/aromatic N) is 3. The van der Waals surface area contributed by atoms with Crippen LogP contribution in [0.2, 0.25) is 0 Å². The van der Waals surface area contributed by atoms with Gasteiger partial charge >= 0.3 is 5.97 Å². The summed E-state index contributed by atoms with van der Waals surface area (Å²) in [5.41, 5.74) is 4.62. The van der Waals surface area contributed by atoms with Crippen molar-refractivity contribution in [2.45, 2.75) is 13.5 Å². The Morgan fingerprint density at radius 1 is 1.10 bits per heavy atom. The fourth-order valence-corrected chi connectivity index (χ4v) is 3.43. The lowest BCUT2D eigenvalue weighted by molar-refractivity contribution is 0.0601. The number of anilines is 1. The zero-order valence-electron chi connectivity index (χ0n) is 17.2. The van der Waals surface area contributed by atoms with Gasteiger partial charge in [-0.1, -0.05) is 0 Å². The topological polar surface area (TPSA) is 87.0 Å². The van der Waals surface area contributed by atoms with Gasteiger partial charge in [-0.25, -0.2) is 14.8 Å². The van der Waals surface area contributed by atoms with E-state index in [-0.39, 0.29) is 0 Å². The van der Waals surface area contributed by atoms with Gasteiger partial charge in [0.15, 0.2) is 5.82 Å². The zero-order valence-corrected chi connectivity index (χ0v) is 17.2. The summed E-state index contributed by atoms with van der Waals surface area (Å²) in [6.07, 6.45) is 1.73. The number of aryl methyl sites for hydroxylation is 1. The van der Waals surface area contributed by atoms with Crippen LogP contribution in [0.3, 0.4) is 0 Å². The molecule has 0 radical (unpaired) electrons. The average Bonchev–Trinajstić information content (AvgIpc) is 3.18. The molecule has 0 spiro atoms. The van der Waals surface area contributed by atoms with Crippen molar-refractivity contribution in [1.29, 1.82) is 0 Å². The summed E-state index contributed by atoms with van der Waals surface area (Å²) in [4.78, 5) is 21.1. The van der Waals surface area contributed by atoms with Crippen molar-refractivity contribution >= 4 is 28.3 Å². The average molecular weight is 406 g/mol. The minimum atomic E-state index is -0.393. The van der Waals surface area contributed by atoms with Gasteiger partial charge in [0.25, 0.3) is 0 Å². The van der Waals surface area contributed by atoms with E-state index in [1.165, 1.54) is 7.11 Å². The lowest BCUT2D eigenvalue weighted by atomic mass is 10.1. The maximum absolute atomic E-state index is 11.9. The van der Waals surface area contributed by atoms with Crippen LogP contribution in [0.15, 0.2) is 42.7 Å². The Labute approximate surface area is 173 Å². The van der Waals surface area contributed by atoms with E-state index in [1.807, 2.05) is 29.5 Å². The predicted octanol–water partition coefficient (Wildman–Crippen LogP) is 3.61. The van der Waals surface area contributed by atoms with E-state index < -0.39 is 5.97 Å². The highest BCUT2D eigenvalue weighted by atomic mass is 16.5. The second kappa shape index (κ2) is 7.90. The lowest BCUT2D eigenvalue weighted by Crippen LogP contribution is -2.07. The number of ether oxygens (including phenoxy) is 3. The van der Waals surface area contributed by atoms with Gasteiger partial charge in [-0.05, 0) is 37.3 Å². The molecule has 4 rings (SSSR count). The molecule has 2 aromatic carbocycles. The van der Waals surface area contributed by atoms with E-state index in [0.717, 1.165) is 39.3 Å². The lowest BCUT2D eigenvalue weighted by Gasteiger charge is -2.14. The van der Waals surface area contributed by atoms with Crippen LogP contribution in [-0.2, 0) is 11.3 Å². The Bertz CT molecular complexity index is 1250. The molecule has 0 unspecified atom stereocenters. The molecule has 4 aromatic rings. The van der Waals surface area contributed by atoms with Crippen molar-refractivity contribution in [3.63, 3.8) is 0 Å². The van der Waals surface area contributed by atoms with Crippen LogP contribution in [0.1, 0.15) is 21.6 Å². The van der Waals surface area contributed by atoms with Crippen LogP contribution in [0.5, 0.6) is 11.5 Å². The SMILES string of the molecule is COC(=O)c1ccc2nc(NCc3ccc(OC)cc3OC)c3c(C)ncn3c2c1. The fourth-order valence-electron chi connectivity index (χ4n) is 3.43. The normalized spacial score (nSPS) is 10.9. The smallest absolute Gasteiger partial charge is 0.337 e. The van der Waals surface area contributed by atoms with Crippen molar-refractivity contribution < 1.29 is 19.0 Å². The van der Waals surface area contributed by atoms with Gasteiger partial charge in [0.1, 0.15) is 23.3 Å². The van der Waals surface area contributed by atoms with Crippen LogP contribution in [0.4, 0.5) is 5.82 Å². The largest absolute Gasteiger partial charge is 0.497 e. The van der Waals surface area contributed by atoms with E-state index in [1.54, 1.807) is 38.7 Å². The summed E-state index contributed by atoms with van der Waals surface area (Å²) in [5, 5.41) is 3.40. The number of esters is 1. The number of hydrogen-bond acceptors (Lipinski definition) is 7. The van der Waals surface area contributed by atoms with Crippen LogP contribution >= 0.6 is 0 Å². The van der Waals surface area contributed by atoms with Gasteiger partial charge in [-0.3, -0.25) is 4.40 Å². The maximum Gasteiger partial charge on any atom is 0.337 e. The van der Waals surface area contributed by atoms with E-state index in [2.05, 4.69) is 10.3 Å². The molecular weight excluding hydrogens is 384 g/mol. The van der Waals surface area contributed by atoms with Gasteiger partial charge in [0.05, 0.1) is 43.6 Å². The van der Waals surface area contributed by atoms with E-state index in [4.69, 9.17) is 19.2 Å². The molecule has 0 bridgehead atoms. The summed E-state index contributed by atoms with van der Waals surface area (Å²) in [5.74, 6) is 1.76. The molecule has 30 heavy (non-hydrogen) atoms. The second-order valence-electron chi connectivity index (χ2n) is 6.74. The first-order valence-electron chi connectivity index (χ1n) is 9.36. The van der Waals surface area contributed by atoms with Gasteiger partial charge in [-0.15, -0.1) is 0 Å². The number of carbonyl (C=O) groups excluding carboxylic acids is 1. The molecule has 2 heterocycles. The highest BCUT2D eigenvalue weighted by molar-refractivity contribution is 5.95. The van der Waals surface area contributed by atoms with Crippen molar-refractivity contribution in [3.05, 3.63) is 59.5 Å². The molecule has 0 aliphatic heterocycles. The third-order valence-corrected chi connectivity index (χ3v) is 5.00. The number of rotatable bonds is 6. The first-order valence-corrected chi connectivity index (χ1v) is 9.36. The molecular formula is C22H22N4O4. The van der Waals surface area contributed by atoms with Crippen molar-refractivity contribution in [1.82, 2.24) is 14.4 Å². The molecule has 0 amide bonds. The van der Waals surface area contributed by atoms with Crippen molar-refractivity contribution in [2.24, 2.45) is 0 Å². The number of carbonyl (C=O) groups is 1. The predicted molar refractivity (Wildman–Crippen MR) is 113 cm³/mol. The summed E-state index contributed by atoms with van der Waals surface area (Å²) < 4.78 is 17.5. The molecule has 0 atom stereocenters. The van der Waals surface area contributed by atoms with E-state index in [0.29, 0.717) is 17.9 Å². The first kappa shape index (κ1) is 19.5. The molecule has 1 N–H and O–H groups in total. The minimum Gasteiger partial charge on any atom is -0.497 e. The van der Waals surface area contributed by atoms with Crippen LogP contribution < -0.4 is 14.8 Å². The van der Waals surface area contributed by atoms with E-state index >= 15 is 0 Å². The molecule has 0 fully saturated rings. The minimum absolute atomic E-state index is 0.393. The zero-order chi connectivity index (χ0) is 21.3. The van der Waals surface area contributed by atoms with Crippen LogP contribution in [0, 0.1) is 6.92 Å². The van der Waals surface area contributed by atoms with Crippen LogP contribution in [-0.4, -0.2) is 41.7 Å². The van der Waals surface area contributed by atoms with E-state index in [9.17, 15) is 4.79 Å². The molecule has 0 aliphatic rings. The maximum atomic E-state index is 11.9. The number of aromatic nitrogens is 3. The number of nitrogens with one attached hydrogen (secondary N) is 1. The highest BCUT2D eigenvalue weighted by Gasteiger charge is 2.15. The monoisotopic (exact) mass is 406 g/mol. The Morgan fingerprint density at radius 3 is 2.67 bits per heavy atom. The van der Waals surface area contributed by atoms with Gasteiger partial charge in [0, 0.05) is 18.2 Å². The molecule has 8 nitrogen and oxygen atoms in total. The number of fused-ring (bicyclic) bond motifs is 3. The van der Waals surface area contributed by atoms with Gasteiger partial charge < -0.3 is 19.5 Å². The molecule has 2 aromatic heterocycles. The first-order chi connectivity index (χ1) is 14.5. The molecule has 0 saturated carbocycles. The summed E-state index contributed by atoms with van der Waals surface area (Å²) in [7, 11) is 4.61. The summed E-state index contributed by atoms with van der Waals surface area (Å²) in [6.45, 7) is 2.43. The molecule has 0 saturated heterocycles. The second-order valence-corrected chi connectivity index (χ2v) is 6.74. The third-order valence-electron chi connectivity index (χ3n) is 5.00. The Balaban J connectivity index is 1.76. The number of imidazole rings is 1. The molecule has 154 valence electrons. The van der Waals surface area contributed by atoms with Crippen molar-refractivity contribution in [3.8, 4) is 11.5 Å². The number of hydrogen-bond donors (Lipinski definition) is 1. The highest BCUT2D eigenvalue weighted by Crippen LogP contribution is 2.28. The third kappa shape index (κ3) is 3.36. The van der Waals surface area contributed by atoms with Crippen molar-refractivity contribution in [2.75, 3.05) is 26.6 Å². The van der Waals surface area contributed by atoms with Gasteiger partial charge in [0.2, 0.25) is 0 Å².